The average Bonchev–Trinajstić information content (AvgIpc) is 2.45. The summed E-state index contributed by atoms with van der Waals surface area (Å²) in [6, 6.07) is 14.1. The fourth-order valence-corrected chi connectivity index (χ4v) is 1.98. The van der Waals surface area contributed by atoms with Gasteiger partial charge in [0.15, 0.2) is 0 Å². The summed E-state index contributed by atoms with van der Waals surface area (Å²) in [6.07, 6.45) is 4.06. The number of aromatic nitrogens is 1. The van der Waals surface area contributed by atoms with Crippen LogP contribution in [0.25, 0.3) is 5.57 Å². The second-order valence-corrected chi connectivity index (χ2v) is 4.77. The quantitative estimate of drug-likeness (QED) is 0.815. The molecule has 2 aromatic rings. The van der Waals surface area contributed by atoms with Crippen molar-refractivity contribution in [2.45, 2.75) is 13.8 Å². The van der Waals surface area contributed by atoms with E-state index in [1.54, 1.807) is 7.11 Å². The highest BCUT2D eigenvalue weighted by Crippen LogP contribution is 2.26. The number of rotatable bonds is 4. The first-order valence-electron chi connectivity index (χ1n) is 6.48. The second kappa shape index (κ2) is 6.19. The van der Waals surface area contributed by atoms with Crippen molar-refractivity contribution in [2.24, 2.45) is 5.92 Å². The van der Waals surface area contributed by atoms with Gasteiger partial charge < -0.3 is 4.74 Å². The molecule has 0 spiro atoms. The fourth-order valence-electron chi connectivity index (χ4n) is 1.98. The number of nitrogens with zero attached hydrogens (tertiary/aromatic N) is 1. The summed E-state index contributed by atoms with van der Waals surface area (Å²) in [7, 11) is 1.69. The van der Waals surface area contributed by atoms with E-state index in [2.05, 4.69) is 31.0 Å². The Balaban J connectivity index is 2.49. The van der Waals surface area contributed by atoms with Gasteiger partial charge in [0.25, 0.3) is 0 Å². The Kier molecular flexibility index (Phi) is 4.35. The minimum Gasteiger partial charge on any atom is -0.497 e. The number of benzene rings is 1. The van der Waals surface area contributed by atoms with Gasteiger partial charge in [-0.05, 0) is 35.7 Å². The number of methoxy groups -OCH3 is 1. The topological polar surface area (TPSA) is 22.1 Å². The monoisotopic (exact) mass is 253 g/mol. The van der Waals surface area contributed by atoms with Crippen LogP contribution in [0.5, 0.6) is 5.75 Å². The summed E-state index contributed by atoms with van der Waals surface area (Å²) in [5.74, 6) is 1.33. The molecule has 98 valence electrons. The first kappa shape index (κ1) is 13.3. The van der Waals surface area contributed by atoms with E-state index in [1.165, 1.54) is 0 Å². The van der Waals surface area contributed by atoms with E-state index in [0.717, 1.165) is 22.6 Å². The van der Waals surface area contributed by atoms with E-state index in [9.17, 15) is 0 Å². The molecule has 1 heterocycles. The Morgan fingerprint density at radius 2 is 2.00 bits per heavy atom. The molecule has 0 atom stereocenters. The molecule has 0 fully saturated rings. The van der Waals surface area contributed by atoms with Crippen LogP contribution in [-0.4, -0.2) is 12.1 Å². The molecule has 2 heteroatoms. The minimum absolute atomic E-state index is 0.461. The fraction of sp³-hybridized carbons (Fsp3) is 0.235. The van der Waals surface area contributed by atoms with Crippen LogP contribution in [0.2, 0.25) is 0 Å². The van der Waals surface area contributed by atoms with Crippen molar-refractivity contribution in [1.29, 1.82) is 0 Å². The van der Waals surface area contributed by atoms with Crippen molar-refractivity contribution in [1.82, 2.24) is 4.98 Å². The van der Waals surface area contributed by atoms with Crippen molar-refractivity contribution in [3.63, 3.8) is 0 Å². The number of pyridine rings is 1. The first-order valence-corrected chi connectivity index (χ1v) is 6.48. The molecule has 0 aliphatic rings. The van der Waals surface area contributed by atoms with Crippen LogP contribution in [0.3, 0.4) is 0 Å². The van der Waals surface area contributed by atoms with Gasteiger partial charge in [0.05, 0.1) is 12.8 Å². The minimum atomic E-state index is 0.461. The van der Waals surface area contributed by atoms with Gasteiger partial charge in [0, 0.05) is 11.8 Å². The Bertz CT molecular complexity index is 558. The zero-order valence-corrected chi connectivity index (χ0v) is 11.6. The molecule has 2 nitrogen and oxygen atoms in total. The van der Waals surface area contributed by atoms with E-state index < -0.39 is 0 Å². The van der Waals surface area contributed by atoms with Crippen molar-refractivity contribution in [3.8, 4) is 5.75 Å². The maximum Gasteiger partial charge on any atom is 0.119 e. The molecule has 0 saturated heterocycles. The van der Waals surface area contributed by atoms with Crippen molar-refractivity contribution >= 4 is 5.57 Å². The maximum absolute atomic E-state index is 5.30. The van der Waals surface area contributed by atoms with E-state index in [1.807, 2.05) is 42.6 Å². The first-order chi connectivity index (χ1) is 9.20. The predicted molar refractivity (Wildman–Crippen MR) is 79.1 cm³/mol. The predicted octanol–water partition coefficient (Wildman–Crippen LogP) is 4.18. The summed E-state index contributed by atoms with van der Waals surface area (Å²) in [4.78, 5) is 4.45. The summed E-state index contributed by atoms with van der Waals surface area (Å²) >= 11 is 0. The van der Waals surface area contributed by atoms with Crippen molar-refractivity contribution < 1.29 is 4.74 Å². The third-order valence-corrected chi connectivity index (χ3v) is 2.82. The lowest BCUT2D eigenvalue weighted by Gasteiger charge is -2.10. The lowest BCUT2D eigenvalue weighted by molar-refractivity contribution is 0.414. The van der Waals surface area contributed by atoms with Crippen molar-refractivity contribution in [3.05, 3.63) is 66.0 Å². The lowest BCUT2D eigenvalue weighted by Crippen LogP contribution is -1.94. The van der Waals surface area contributed by atoms with Crippen LogP contribution >= 0.6 is 0 Å². The van der Waals surface area contributed by atoms with Crippen LogP contribution in [0, 0.1) is 5.92 Å². The molecule has 0 aliphatic carbocycles. The van der Waals surface area contributed by atoms with Crippen LogP contribution < -0.4 is 4.74 Å². The van der Waals surface area contributed by atoms with Crippen LogP contribution in [0.15, 0.2) is 54.7 Å². The van der Waals surface area contributed by atoms with Crippen LogP contribution in [-0.2, 0) is 0 Å². The molecule has 0 bridgehead atoms. The van der Waals surface area contributed by atoms with Gasteiger partial charge in [-0.1, -0.05) is 38.1 Å². The van der Waals surface area contributed by atoms with Gasteiger partial charge in [-0.2, -0.15) is 0 Å². The van der Waals surface area contributed by atoms with Gasteiger partial charge in [0.1, 0.15) is 5.75 Å². The Morgan fingerprint density at radius 1 is 1.16 bits per heavy atom. The Morgan fingerprint density at radius 3 is 2.63 bits per heavy atom. The van der Waals surface area contributed by atoms with Crippen LogP contribution in [0.4, 0.5) is 0 Å². The largest absolute Gasteiger partial charge is 0.497 e. The second-order valence-electron chi connectivity index (χ2n) is 4.77. The Hall–Kier alpha value is -2.09. The van der Waals surface area contributed by atoms with E-state index >= 15 is 0 Å². The van der Waals surface area contributed by atoms with Gasteiger partial charge in [-0.25, -0.2) is 0 Å². The molecule has 0 saturated carbocycles. The third-order valence-electron chi connectivity index (χ3n) is 2.82. The zero-order chi connectivity index (χ0) is 13.7. The summed E-state index contributed by atoms with van der Waals surface area (Å²) in [5.41, 5.74) is 3.27. The zero-order valence-electron chi connectivity index (χ0n) is 11.6. The SMILES string of the molecule is COc1cccc(/C(=C/C(C)C)c2ccccn2)c1. The molecule has 1 aromatic carbocycles. The van der Waals surface area contributed by atoms with Crippen molar-refractivity contribution in [2.75, 3.05) is 7.11 Å². The molecular formula is C17H19NO. The van der Waals surface area contributed by atoms with Crippen LogP contribution in [0.1, 0.15) is 25.1 Å². The molecular weight excluding hydrogens is 234 g/mol. The summed E-state index contributed by atoms with van der Waals surface area (Å²) in [6.45, 7) is 4.34. The smallest absolute Gasteiger partial charge is 0.119 e. The number of hydrogen-bond donors (Lipinski definition) is 0. The summed E-state index contributed by atoms with van der Waals surface area (Å²) < 4.78 is 5.30. The van der Waals surface area contributed by atoms with E-state index in [-0.39, 0.29) is 0 Å². The summed E-state index contributed by atoms with van der Waals surface area (Å²) in [5, 5.41) is 0. The third kappa shape index (κ3) is 3.44. The van der Waals surface area contributed by atoms with E-state index in [4.69, 9.17) is 4.74 Å². The molecule has 0 N–H and O–H groups in total. The van der Waals surface area contributed by atoms with E-state index in [0.29, 0.717) is 5.92 Å². The molecule has 0 amide bonds. The number of hydrogen-bond acceptors (Lipinski definition) is 2. The highest BCUT2D eigenvalue weighted by molar-refractivity contribution is 5.78. The molecule has 0 unspecified atom stereocenters. The van der Waals surface area contributed by atoms with Gasteiger partial charge in [0.2, 0.25) is 0 Å². The number of ether oxygens (including phenoxy) is 1. The average molecular weight is 253 g/mol. The molecule has 0 radical (unpaired) electrons. The van der Waals surface area contributed by atoms with Gasteiger partial charge in [-0.3, -0.25) is 4.98 Å². The normalized spacial score (nSPS) is 11.7. The molecule has 0 aliphatic heterocycles. The molecule has 1 aromatic heterocycles. The number of allylic oxidation sites excluding steroid dienone is 1. The Labute approximate surface area is 114 Å². The standard InChI is InChI=1S/C17H19NO/c1-13(2)11-16(17-9-4-5-10-18-17)14-7-6-8-15(12-14)19-3/h4-13H,1-3H3/b16-11-. The highest BCUT2D eigenvalue weighted by atomic mass is 16.5. The lowest BCUT2D eigenvalue weighted by atomic mass is 9.98. The molecule has 19 heavy (non-hydrogen) atoms. The highest BCUT2D eigenvalue weighted by Gasteiger charge is 2.08. The maximum atomic E-state index is 5.30. The van der Waals surface area contributed by atoms with Gasteiger partial charge >= 0.3 is 0 Å². The molecule has 2 rings (SSSR count). The van der Waals surface area contributed by atoms with Gasteiger partial charge in [-0.15, -0.1) is 0 Å².